The second-order valence-corrected chi connectivity index (χ2v) is 13.6. The summed E-state index contributed by atoms with van der Waals surface area (Å²) >= 11 is 0. The summed E-state index contributed by atoms with van der Waals surface area (Å²) in [6.45, 7) is 0.731. The SMILES string of the molecule is CS(C)(C)CCOCN1C(=O)COc2ncc(N3CC4(CCC(=O)CC4)OC3=O)nc21. The fourth-order valence-corrected chi connectivity index (χ4v) is 4.35. The average Bonchev–Trinajstić information content (AvgIpc) is 3.04. The van der Waals surface area contributed by atoms with Gasteiger partial charge in [-0.3, -0.25) is 19.4 Å². The van der Waals surface area contributed by atoms with Gasteiger partial charge in [-0.05, 0) is 31.6 Å². The number of ketones is 1. The number of fused-ring (bicyclic) bond motifs is 1. The number of hydrogen-bond donors (Lipinski definition) is 0. The fraction of sp³-hybridized carbons (Fsp3) is 0.650. The average molecular weight is 453 g/mol. The molecule has 1 spiro atoms. The Bertz CT molecular complexity index is 892. The molecule has 1 aromatic rings. The second kappa shape index (κ2) is 8.27. The number of nitrogens with zero attached hydrogens (tertiary/aromatic N) is 4. The molecule has 4 rings (SSSR count). The van der Waals surface area contributed by atoms with Crippen LogP contribution in [0.2, 0.25) is 0 Å². The van der Waals surface area contributed by atoms with Gasteiger partial charge in [-0.15, -0.1) is 0 Å². The van der Waals surface area contributed by atoms with Crippen molar-refractivity contribution < 1.29 is 28.6 Å². The zero-order chi connectivity index (χ0) is 22.2. The van der Waals surface area contributed by atoms with Crippen molar-refractivity contribution in [2.24, 2.45) is 0 Å². The highest BCUT2D eigenvalue weighted by atomic mass is 32.3. The number of Topliss-reactive ketones (excluding diaryl/α,β-unsaturated/α-hetero) is 1. The summed E-state index contributed by atoms with van der Waals surface area (Å²) in [5.74, 6) is 1.55. The van der Waals surface area contributed by atoms with Crippen LogP contribution in [0.1, 0.15) is 25.7 Å². The first-order valence-corrected chi connectivity index (χ1v) is 13.2. The molecule has 1 saturated heterocycles. The molecule has 3 heterocycles. The Morgan fingerprint density at radius 2 is 1.94 bits per heavy atom. The van der Waals surface area contributed by atoms with Crippen LogP contribution in [0.4, 0.5) is 16.4 Å². The molecule has 10 nitrogen and oxygen atoms in total. The number of carbonyl (C=O) groups is 3. The van der Waals surface area contributed by atoms with E-state index in [-0.39, 0.29) is 42.5 Å². The Morgan fingerprint density at radius 1 is 1.19 bits per heavy atom. The first-order chi connectivity index (χ1) is 14.7. The Kier molecular flexibility index (Phi) is 5.82. The Hall–Kier alpha value is -2.40. The molecule has 0 radical (unpaired) electrons. The highest BCUT2D eigenvalue weighted by Gasteiger charge is 2.48. The third kappa shape index (κ3) is 4.77. The minimum absolute atomic E-state index is 0.0410. The topological polar surface area (TPSA) is 111 Å². The molecule has 2 aliphatic heterocycles. The first-order valence-electron chi connectivity index (χ1n) is 10.2. The number of ether oxygens (including phenoxy) is 3. The third-order valence-corrected chi connectivity index (χ3v) is 7.02. The van der Waals surface area contributed by atoms with E-state index in [1.165, 1.54) is 16.0 Å². The van der Waals surface area contributed by atoms with Gasteiger partial charge in [0.05, 0.1) is 19.3 Å². The van der Waals surface area contributed by atoms with Gasteiger partial charge >= 0.3 is 6.09 Å². The number of amides is 2. The lowest BCUT2D eigenvalue weighted by atomic mass is 9.84. The minimum atomic E-state index is -0.702. The van der Waals surface area contributed by atoms with Crippen molar-refractivity contribution in [2.75, 3.05) is 60.8 Å². The van der Waals surface area contributed by atoms with Crippen LogP contribution in [0.5, 0.6) is 5.88 Å². The van der Waals surface area contributed by atoms with Gasteiger partial charge in [0, 0.05) is 18.6 Å². The molecule has 3 aliphatic rings. The van der Waals surface area contributed by atoms with Gasteiger partial charge in [-0.25, -0.2) is 24.8 Å². The molecule has 2 amide bonds. The van der Waals surface area contributed by atoms with E-state index in [0.717, 1.165) is 5.75 Å². The Morgan fingerprint density at radius 3 is 2.65 bits per heavy atom. The summed E-state index contributed by atoms with van der Waals surface area (Å²) < 4.78 is 16.8. The normalized spacial score (nSPS) is 21.2. The van der Waals surface area contributed by atoms with Gasteiger partial charge in [0.1, 0.15) is 18.1 Å². The highest BCUT2D eigenvalue weighted by Crippen LogP contribution is 2.39. The van der Waals surface area contributed by atoms with E-state index in [0.29, 0.717) is 38.8 Å². The zero-order valence-corrected chi connectivity index (χ0v) is 18.9. The standard InChI is InChI=1S/C20H28N4O6S/c1-31(2,3)9-8-28-13-24-16(26)11-29-18-17(24)22-15(10-21-18)23-12-20(30-19(23)27)6-4-14(25)5-7-20/h10H,4-9,11-13H2,1-3H3. The Balaban J connectivity index is 1.50. The molecule has 0 aromatic carbocycles. The quantitative estimate of drug-likeness (QED) is 0.600. The predicted octanol–water partition coefficient (Wildman–Crippen LogP) is 1.71. The van der Waals surface area contributed by atoms with Crippen LogP contribution in [0.25, 0.3) is 0 Å². The summed E-state index contributed by atoms with van der Waals surface area (Å²) in [7, 11) is -0.702. The number of hydrogen-bond acceptors (Lipinski definition) is 8. The summed E-state index contributed by atoms with van der Waals surface area (Å²) in [5.41, 5.74) is -0.674. The van der Waals surface area contributed by atoms with E-state index in [1.54, 1.807) is 0 Å². The van der Waals surface area contributed by atoms with Crippen molar-refractivity contribution in [3.63, 3.8) is 0 Å². The maximum absolute atomic E-state index is 12.6. The van der Waals surface area contributed by atoms with Gasteiger partial charge in [-0.1, -0.05) is 0 Å². The fourth-order valence-electron chi connectivity index (χ4n) is 3.74. The molecule has 0 bridgehead atoms. The van der Waals surface area contributed by atoms with E-state index < -0.39 is 21.7 Å². The molecule has 1 aliphatic carbocycles. The molecule has 1 aromatic heterocycles. The largest absolute Gasteiger partial charge is 0.465 e. The number of carbonyl (C=O) groups excluding carboxylic acids is 3. The Labute approximate surface area is 182 Å². The molecule has 0 unspecified atom stereocenters. The van der Waals surface area contributed by atoms with Crippen LogP contribution in [-0.4, -0.2) is 84.4 Å². The molecule has 170 valence electrons. The lowest BCUT2D eigenvalue weighted by Gasteiger charge is -2.30. The van der Waals surface area contributed by atoms with Crippen LogP contribution in [0.3, 0.4) is 0 Å². The molecule has 1 saturated carbocycles. The zero-order valence-electron chi connectivity index (χ0n) is 18.1. The van der Waals surface area contributed by atoms with E-state index >= 15 is 0 Å². The first kappa shape index (κ1) is 21.8. The third-order valence-electron chi connectivity index (χ3n) is 5.62. The van der Waals surface area contributed by atoms with Crippen molar-refractivity contribution >= 4 is 39.4 Å². The summed E-state index contributed by atoms with van der Waals surface area (Å²) in [5, 5.41) is 0. The lowest BCUT2D eigenvalue weighted by Crippen LogP contribution is -2.42. The van der Waals surface area contributed by atoms with Crippen molar-refractivity contribution in [1.82, 2.24) is 9.97 Å². The van der Waals surface area contributed by atoms with Crippen molar-refractivity contribution in [3.05, 3.63) is 6.20 Å². The van der Waals surface area contributed by atoms with E-state index in [2.05, 4.69) is 28.7 Å². The number of rotatable bonds is 6. The summed E-state index contributed by atoms with van der Waals surface area (Å²) in [6.07, 6.45) is 9.33. The van der Waals surface area contributed by atoms with Crippen LogP contribution in [0, 0.1) is 0 Å². The van der Waals surface area contributed by atoms with Crippen LogP contribution < -0.4 is 14.5 Å². The van der Waals surface area contributed by atoms with E-state index in [9.17, 15) is 14.4 Å². The molecule has 0 N–H and O–H groups in total. The van der Waals surface area contributed by atoms with Crippen molar-refractivity contribution in [3.8, 4) is 5.88 Å². The van der Waals surface area contributed by atoms with E-state index in [1.807, 2.05) is 0 Å². The molecular formula is C20H28N4O6S. The van der Waals surface area contributed by atoms with Gasteiger partial charge in [-0.2, -0.15) is 0 Å². The molecule has 11 heteroatoms. The molecule has 31 heavy (non-hydrogen) atoms. The number of anilines is 2. The van der Waals surface area contributed by atoms with Crippen LogP contribution in [0.15, 0.2) is 6.20 Å². The summed E-state index contributed by atoms with van der Waals surface area (Å²) in [6, 6.07) is 0. The second-order valence-electron chi connectivity index (χ2n) is 8.98. The maximum atomic E-state index is 12.6. The van der Waals surface area contributed by atoms with Gasteiger partial charge in [0.2, 0.25) is 5.82 Å². The van der Waals surface area contributed by atoms with Gasteiger partial charge < -0.3 is 14.2 Å². The maximum Gasteiger partial charge on any atom is 0.416 e. The highest BCUT2D eigenvalue weighted by molar-refractivity contribution is 8.32. The molecule has 0 atom stereocenters. The molecule has 2 fully saturated rings. The van der Waals surface area contributed by atoms with E-state index in [4.69, 9.17) is 14.2 Å². The van der Waals surface area contributed by atoms with Crippen LogP contribution >= 0.6 is 10.0 Å². The minimum Gasteiger partial charge on any atom is -0.465 e. The number of aromatic nitrogens is 2. The molecular weight excluding hydrogens is 424 g/mol. The summed E-state index contributed by atoms with van der Waals surface area (Å²) in [4.78, 5) is 48.2. The smallest absolute Gasteiger partial charge is 0.416 e. The monoisotopic (exact) mass is 452 g/mol. The van der Waals surface area contributed by atoms with Crippen LogP contribution in [-0.2, 0) is 19.1 Å². The van der Waals surface area contributed by atoms with Crippen molar-refractivity contribution in [1.29, 1.82) is 0 Å². The lowest BCUT2D eigenvalue weighted by molar-refractivity contribution is -0.124. The van der Waals surface area contributed by atoms with Crippen molar-refractivity contribution in [2.45, 2.75) is 31.3 Å². The van der Waals surface area contributed by atoms with Gasteiger partial charge in [0.15, 0.2) is 12.4 Å². The van der Waals surface area contributed by atoms with Gasteiger partial charge in [0.25, 0.3) is 11.8 Å². The predicted molar refractivity (Wildman–Crippen MR) is 116 cm³/mol.